The van der Waals surface area contributed by atoms with E-state index in [2.05, 4.69) is 15.3 Å². The largest absolute Gasteiger partial charge is 0.433 e. The van der Waals surface area contributed by atoms with Crippen LogP contribution in [-0.4, -0.2) is 9.97 Å². The van der Waals surface area contributed by atoms with Crippen molar-refractivity contribution < 1.29 is 13.2 Å². The van der Waals surface area contributed by atoms with Gasteiger partial charge in [-0.25, -0.2) is 9.97 Å². The smallest absolute Gasteiger partial charge is 0.366 e. The van der Waals surface area contributed by atoms with E-state index in [0.717, 1.165) is 23.5 Å². The van der Waals surface area contributed by atoms with E-state index < -0.39 is 11.9 Å². The van der Waals surface area contributed by atoms with Crippen molar-refractivity contribution in [2.75, 3.05) is 5.32 Å². The van der Waals surface area contributed by atoms with Crippen LogP contribution in [0, 0.1) is 6.92 Å². The third kappa shape index (κ3) is 3.67. The lowest BCUT2D eigenvalue weighted by Crippen LogP contribution is -2.10. The normalized spacial score (nSPS) is 11.4. The first kappa shape index (κ1) is 13.3. The van der Waals surface area contributed by atoms with Crippen molar-refractivity contribution in [3.63, 3.8) is 0 Å². The predicted octanol–water partition coefficient (Wildman–Crippen LogP) is 3.42. The number of anilines is 1. The van der Waals surface area contributed by atoms with E-state index in [9.17, 15) is 13.2 Å². The predicted molar refractivity (Wildman–Crippen MR) is 65.5 cm³/mol. The maximum atomic E-state index is 12.5. The molecule has 0 aliphatic rings. The summed E-state index contributed by atoms with van der Waals surface area (Å²) in [5, 5.41) is 2.84. The highest BCUT2D eigenvalue weighted by molar-refractivity contribution is 5.37. The molecule has 0 bridgehead atoms. The number of hydrogen-bond donors (Lipinski definition) is 1. The Balaban J connectivity index is 2.05. The van der Waals surface area contributed by atoms with Crippen molar-refractivity contribution >= 4 is 5.82 Å². The quantitative estimate of drug-likeness (QED) is 0.926. The molecule has 0 spiro atoms. The first-order chi connectivity index (χ1) is 8.95. The number of halogens is 3. The van der Waals surface area contributed by atoms with Gasteiger partial charge in [0.05, 0.1) is 0 Å². The summed E-state index contributed by atoms with van der Waals surface area (Å²) in [6.07, 6.45) is -3.55. The number of benzene rings is 1. The Morgan fingerprint density at radius 1 is 1.11 bits per heavy atom. The maximum absolute atomic E-state index is 12.5. The number of nitrogens with zero attached hydrogens (tertiary/aromatic N) is 2. The van der Waals surface area contributed by atoms with Crippen LogP contribution in [0.2, 0.25) is 0 Å². The van der Waals surface area contributed by atoms with Crippen LogP contribution < -0.4 is 5.32 Å². The Kier molecular flexibility index (Phi) is 3.69. The molecule has 1 aromatic carbocycles. The second-order valence-electron chi connectivity index (χ2n) is 4.13. The molecule has 0 aliphatic heterocycles. The van der Waals surface area contributed by atoms with Gasteiger partial charge < -0.3 is 5.32 Å². The number of rotatable bonds is 3. The summed E-state index contributed by atoms with van der Waals surface area (Å²) in [4.78, 5) is 6.96. The zero-order valence-electron chi connectivity index (χ0n) is 10.2. The average molecular weight is 267 g/mol. The maximum Gasteiger partial charge on any atom is 0.433 e. The molecule has 0 fully saturated rings. The Bertz CT molecular complexity index is 550. The summed E-state index contributed by atoms with van der Waals surface area (Å²) in [5.41, 5.74) is 1.15. The van der Waals surface area contributed by atoms with Gasteiger partial charge in [0.2, 0.25) is 0 Å². The van der Waals surface area contributed by atoms with E-state index in [1.54, 1.807) is 0 Å². The molecule has 6 heteroatoms. The fourth-order valence-corrected chi connectivity index (χ4v) is 1.51. The lowest BCUT2D eigenvalue weighted by molar-refractivity contribution is -0.141. The Labute approximate surface area is 108 Å². The van der Waals surface area contributed by atoms with E-state index in [1.807, 2.05) is 31.2 Å². The topological polar surface area (TPSA) is 37.8 Å². The van der Waals surface area contributed by atoms with Crippen molar-refractivity contribution in [2.45, 2.75) is 19.6 Å². The molecule has 2 aromatic rings. The molecule has 1 aromatic heterocycles. The lowest BCUT2D eigenvalue weighted by atomic mass is 10.1. The van der Waals surface area contributed by atoms with Gasteiger partial charge in [-0.3, -0.25) is 0 Å². The molecule has 0 unspecified atom stereocenters. The van der Waals surface area contributed by atoms with E-state index >= 15 is 0 Å². The summed E-state index contributed by atoms with van der Waals surface area (Å²) in [6, 6.07) is 8.60. The average Bonchev–Trinajstić information content (AvgIpc) is 2.37. The van der Waals surface area contributed by atoms with Crippen molar-refractivity contribution in [2.24, 2.45) is 0 Å². The summed E-state index contributed by atoms with van der Waals surface area (Å²) >= 11 is 0. The third-order valence-corrected chi connectivity index (χ3v) is 2.55. The van der Waals surface area contributed by atoms with Gasteiger partial charge in [-0.05, 0) is 12.5 Å². The molecule has 0 saturated heterocycles. The van der Waals surface area contributed by atoms with Gasteiger partial charge in [0.25, 0.3) is 0 Å². The van der Waals surface area contributed by atoms with E-state index in [0.29, 0.717) is 6.54 Å². The number of aryl methyl sites for hydroxylation is 1. The number of hydrogen-bond acceptors (Lipinski definition) is 3. The monoisotopic (exact) mass is 267 g/mol. The van der Waals surface area contributed by atoms with Crippen LogP contribution >= 0.6 is 0 Å². The van der Waals surface area contributed by atoms with Crippen LogP contribution in [0.25, 0.3) is 0 Å². The molecule has 0 atom stereocenters. The first-order valence-corrected chi connectivity index (χ1v) is 5.64. The number of alkyl halides is 3. The van der Waals surface area contributed by atoms with Crippen LogP contribution in [0.15, 0.2) is 36.7 Å². The van der Waals surface area contributed by atoms with Crippen LogP contribution in [-0.2, 0) is 12.7 Å². The third-order valence-electron chi connectivity index (χ3n) is 2.55. The summed E-state index contributed by atoms with van der Waals surface area (Å²) in [5.74, 6) is 0.155. The van der Waals surface area contributed by atoms with Gasteiger partial charge in [0.1, 0.15) is 17.8 Å². The SMILES string of the molecule is Cc1ccc(CNc2cc(C(F)(F)F)ncn2)cc1. The highest BCUT2D eigenvalue weighted by Gasteiger charge is 2.32. The lowest BCUT2D eigenvalue weighted by Gasteiger charge is -2.09. The van der Waals surface area contributed by atoms with Crippen LogP contribution in [0.3, 0.4) is 0 Å². The van der Waals surface area contributed by atoms with Gasteiger partial charge >= 0.3 is 6.18 Å². The second kappa shape index (κ2) is 5.26. The highest BCUT2D eigenvalue weighted by Crippen LogP contribution is 2.28. The van der Waals surface area contributed by atoms with Gasteiger partial charge in [-0.2, -0.15) is 13.2 Å². The molecule has 0 saturated carbocycles. The molecule has 0 amide bonds. The number of aromatic nitrogens is 2. The Morgan fingerprint density at radius 3 is 2.42 bits per heavy atom. The molecule has 2 rings (SSSR count). The summed E-state index contributed by atoms with van der Waals surface area (Å²) in [7, 11) is 0. The van der Waals surface area contributed by atoms with Crippen molar-refractivity contribution in [1.82, 2.24) is 9.97 Å². The highest BCUT2D eigenvalue weighted by atomic mass is 19.4. The summed E-state index contributed by atoms with van der Waals surface area (Å²) in [6.45, 7) is 2.38. The molecular formula is C13H12F3N3. The van der Waals surface area contributed by atoms with Gasteiger partial charge in [0, 0.05) is 12.6 Å². The van der Waals surface area contributed by atoms with Crippen LogP contribution in [0.4, 0.5) is 19.0 Å². The minimum Gasteiger partial charge on any atom is -0.366 e. The van der Waals surface area contributed by atoms with Crippen molar-refractivity contribution in [1.29, 1.82) is 0 Å². The zero-order valence-corrected chi connectivity index (χ0v) is 10.2. The molecule has 0 aliphatic carbocycles. The van der Waals surface area contributed by atoms with Crippen LogP contribution in [0.1, 0.15) is 16.8 Å². The minimum absolute atomic E-state index is 0.155. The van der Waals surface area contributed by atoms with Gasteiger partial charge in [-0.1, -0.05) is 29.8 Å². The van der Waals surface area contributed by atoms with Crippen LogP contribution in [0.5, 0.6) is 0 Å². The zero-order chi connectivity index (χ0) is 13.9. The molecule has 3 nitrogen and oxygen atoms in total. The molecule has 1 heterocycles. The first-order valence-electron chi connectivity index (χ1n) is 5.64. The number of nitrogens with one attached hydrogen (secondary N) is 1. The van der Waals surface area contributed by atoms with Gasteiger partial charge in [0.15, 0.2) is 0 Å². The minimum atomic E-state index is -4.46. The van der Waals surface area contributed by atoms with E-state index in [1.165, 1.54) is 0 Å². The second-order valence-corrected chi connectivity index (χ2v) is 4.13. The Hall–Kier alpha value is -2.11. The van der Waals surface area contributed by atoms with Gasteiger partial charge in [-0.15, -0.1) is 0 Å². The van der Waals surface area contributed by atoms with Crippen molar-refractivity contribution in [3.05, 3.63) is 53.5 Å². The molecule has 1 N–H and O–H groups in total. The molecular weight excluding hydrogens is 255 g/mol. The van der Waals surface area contributed by atoms with Crippen molar-refractivity contribution in [3.8, 4) is 0 Å². The fourth-order valence-electron chi connectivity index (χ4n) is 1.51. The molecule has 19 heavy (non-hydrogen) atoms. The Morgan fingerprint density at radius 2 is 1.79 bits per heavy atom. The van der Waals surface area contributed by atoms with E-state index in [4.69, 9.17) is 0 Å². The summed E-state index contributed by atoms with van der Waals surface area (Å²) < 4.78 is 37.4. The fraction of sp³-hybridized carbons (Fsp3) is 0.231. The standard InChI is InChI=1S/C13H12F3N3/c1-9-2-4-10(5-3-9)7-17-12-6-11(13(14,15)16)18-8-19-12/h2-6,8H,7H2,1H3,(H,17,18,19). The molecule has 0 radical (unpaired) electrons. The van der Waals surface area contributed by atoms with E-state index in [-0.39, 0.29) is 5.82 Å². The molecule has 100 valence electrons.